The first-order chi connectivity index (χ1) is 6.24. The molecule has 2 unspecified atom stereocenters. The zero-order valence-corrected chi connectivity index (χ0v) is 8.00. The fourth-order valence-corrected chi connectivity index (χ4v) is 1.66. The Morgan fingerprint density at radius 2 is 2.46 bits per heavy atom. The van der Waals surface area contributed by atoms with Crippen molar-refractivity contribution >= 4 is 5.82 Å². The number of hydrogen-bond donors (Lipinski definition) is 2. The molecule has 4 nitrogen and oxygen atoms in total. The van der Waals surface area contributed by atoms with Gasteiger partial charge in [0.1, 0.15) is 5.82 Å². The number of ether oxygens (including phenoxy) is 1. The van der Waals surface area contributed by atoms with E-state index in [4.69, 9.17) is 10.5 Å². The summed E-state index contributed by atoms with van der Waals surface area (Å²) < 4.78 is 5.50. The van der Waals surface area contributed by atoms with Crippen LogP contribution < -0.4 is 5.73 Å². The smallest absolute Gasteiger partial charge is 0.148 e. The molecule has 0 amide bonds. The molecular formula is C9H15N3O. The van der Waals surface area contributed by atoms with E-state index in [2.05, 4.69) is 10.2 Å². The van der Waals surface area contributed by atoms with Crippen LogP contribution >= 0.6 is 0 Å². The molecule has 1 aliphatic rings. The summed E-state index contributed by atoms with van der Waals surface area (Å²) in [6.07, 6.45) is 1.47. The van der Waals surface area contributed by atoms with E-state index in [9.17, 15) is 0 Å². The van der Waals surface area contributed by atoms with Crippen molar-refractivity contribution in [3.8, 4) is 0 Å². The molecule has 1 aliphatic carbocycles. The second kappa shape index (κ2) is 3.03. The topological polar surface area (TPSA) is 63.9 Å². The van der Waals surface area contributed by atoms with Gasteiger partial charge < -0.3 is 10.5 Å². The van der Waals surface area contributed by atoms with Crippen LogP contribution in [0.15, 0.2) is 0 Å². The first-order valence-electron chi connectivity index (χ1n) is 4.66. The first kappa shape index (κ1) is 8.56. The van der Waals surface area contributed by atoms with E-state index < -0.39 is 0 Å². The van der Waals surface area contributed by atoms with Crippen molar-refractivity contribution in [3.05, 3.63) is 11.3 Å². The highest BCUT2D eigenvalue weighted by molar-refractivity contribution is 5.43. The molecule has 4 heteroatoms. The van der Waals surface area contributed by atoms with Gasteiger partial charge in [0.15, 0.2) is 0 Å². The van der Waals surface area contributed by atoms with Gasteiger partial charge in [-0.3, -0.25) is 5.10 Å². The quantitative estimate of drug-likeness (QED) is 0.736. The zero-order valence-electron chi connectivity index (χ0n) is 8.00. The molecule has 13 heavy (non-hydrogen) atoms. The minimum Gasteiger partial charge on any atom is -0.382 e. The molecular weight excluding hydrogens is 166 g/mol. The number of anilines is 1. The minimum atomic E-state index is 0.378. The molecule has 0 radical (unpaired) electrons. The molecule has 1 heterocycles. The van der Waals surface area contributed by atoms with Gasteiger partial charge in [0.25, 0.3) is 0 Å². The van der Waals surface area contributed by atoms with Crippen LogP contribution in [0.25, 0.3) is 0 Å². The Labute approximate surface area is 77.5 Å². The van der Waals surface area contributed by atoms with Crippen molar-refractivity contribution < 1.29 is 4.74 Å². The average Bonchev–Trinajstić information content (AvgIpc) is 2.77. The first-order valence-corrected chi connectivity index (χ1v) is 4.66. The molecule has 0 spiro atoms. The lowest BCUT2D eigenvalue weighted by Gasteiger charge is -1.98. The van der Waals surface area contributed by atoms with E-state index >= 15 is 0 Å². The Morgan fingerprint density at radius 3 is 3.00 bits per heavy atom. The van der Waals surface area contributed by atoms with Crippen molar-refractivity contribution in [1.29, 1.82) is 0 Å². The Kier molecular flexibility index (Phi) is 2.00. The average molecular weight is 181 g/mol. The van der Waals surface area contributed by atoms with Crippen LogP contribution in [0.1, 0.15) is 30.5 Å². The summed E-state index contributed by atoms with van der Waals surface area (Å²) in [4.78, 5) is 0. The fourth-order valence-electron chi connectivity index (χ4n) is 1.66. The Bertz CT molecular complexity index is 308. The second-order valence-electron chi connectivity index (χ2n) is 3.48. The van der Waals surface area contributed by atoms with Crippen LogP contribution in [0.2, 0.25) is 0 Å². The van der Waals surface area contributed by atoms with Crippen LogP contribution in [-0.4, -0.2) is 22.9 Å². The van der Waals surface area contributed by atoms with E-state index in [0.29, 0.717) is 17.8 Å². The predicted molar refractivity (Wildman–Crippen MR) is 50.5 cm³/mol. The number of nitrogen functional groups attached to an aromatic ring is 1. The largest absolute Gasteiger partial charge is 0.382 e. The Morgan fingerprint density at radius 1 is 1.69 bits per heavy atom. The maximum Gasteiger partial charge on any atom is 0.148 e. The normalized spacial score (nSPS) is 26.3. The summed E-state index contributed by atoms with van der Waals surface area (Å²) in [5.74, 6) is 1.10. The van der Waals surface area contributed by atoms with Gasteiger partial charge in [-0.2, -0.15) is 5.10 Å². The number of aromatic amines is 1. The summed E-state index contributed by atoms with van der Waals surface area (Å²) in [7, 11) is 0. The maximum atomic E-state index is 5.64. The molecule has 0 aliphatic heterocycles. The molecule has 0 aromatic carbocycles. The molecule has 0 saturated heterocycles. The van der Waals surface area contributed by atoms with Gasteiger partial charge in [0.2, 0.25) is 0 Å². The van der Waals surface area contributed by atoms with Gasteiger partial charge in [0.05, 0.1) is 6.10 Å². The van der Waals surface area contributed by atoms with Crippen LogP contribution in [0, 0.1) is 6.92 Å². The van der Waals surface area contributed by atoms with E-state index in [1.54, 1.807) is 0 Å². The van der Waals surface area contributed by atoms with E-state index in [1.165, 1.54) is 0 Å². The van der Waals surface area contributed by atoms with Crippen molar-refractivity contribution in [1.82, 2.24) is 10.2 Å². The number of rotatable bonds is 3. The van der Waals surface area contributed by atoms with Crippen LogP contribution in [0.3, 0.4) is 0 Å². The predicted octanol–water partition coefficient (Wildman–Crippen LogP) is 1.19. The van der Waals surface area contributed by atoms with Crippen molar-refractivity contribution in [2.45, 2.75) is 32.3 Å². The van der Waals surface area contributed by atoms with E-state index in [1.807, 2.05) is 13.8 Å². The monoisotopic (exact) mass is 181 g/mol. The number of nitrogens with one attached hydrogen (secondary N) is 1. The lowest BCUT2D eigenvalue weighted by atomic mass is 10.2. The number of nitrogens with zero attached hydrogens (tertiary/aromatic N) is 1. The summed E-state index contributed by atoms with van der Waals surface area (Å²) in [6, 6.07) is 0. The number of aromatic nitrogens is 2. The number of nitrogens with two attached hydrogens (primary N) is 1. The molecule has 2 rings (SSSR count). The molecule has 72 valence electrons. The molecule has 0 bridgehead atoms. The van der Waals surface area contributed by atoms with Crippen LogP contribution in [0.4, 0.5) is 5.82 Å². The molecule has 1 saturated carbocycles. The second-order valence-corrected chi connectivity index (χ2v) is 3.48. The minimum absolute atomic E-state index is 0.378. The van der Waals surface area contributed by atoms with Crippen LogP contribution in [0.5, 0.6) is 0 Å². The molecule has 1 aromatic heterocycles. The Hall–Kier alpha value is -1.03. The summed E-state index contributed by atoms with van der Waals surface area (Å²) >= 11 is 0. The van der Waals surface area contributed by atoms with Gasteiger partial charge in [-0.25, -0.2) is 0 Å². The summed E-state index contributed by atoms with van der Waals surface area (Å²) in [5, 5.41) is 6.94. The lowest BCUT2D eigenvalue weighted by Crippen LogP contribution is -1.96. The van der Waals surface area contributed by atoms with Gasteiger partial charge in [-0.05, 0) is 20.3 Å². The standard InChI is InChI=1S/C9H15N3O/c1-3-13-7-4-6(7)8-5(2)9(10)12-11-8/h6-7H,3-4H2,1-2H3,(H3,10,11,12). The molecule has 1 aromatic rings. The lowest BCUT2D eigenvalue weighted by molar-refractivity contribution is 0.128. The molecule has 1 fully saturated rings. The van der Waals surface area contributed by atoms with Crippen molar-refractivity contribution in [2.24, 2.45) is 0 Å². The van der Waals surface area contributed by atoms with Crippen molar-refractivity contribution in [2.75, 3.05) is 12.3 Å². The fraction of sp³-hybridized carbons (Fsp3) is 0.667. The number of hydrogen-bond acceptors (Lipinski definition) is 3. The maximum absolute atomic E-state index is 5.64. The van der Waals surface area contributed by atoms with E-state index in [-0.39, 0.29) is 0 Å². The SMILES string of the molecule is CCOC1CC1c1[nH]nc(N)c1C. The highest BCUT2D eigenvalue weighted by Gasteiger charge is 2.41. The summed E-state index contributed by atoms with van der Waals surface area (Å²) in [5.41, 5.74) is 7.87. The van der Waals surface area contributed by atoms with Crippen LogP contribution in [-0.2, 0) is 4.74 Å². The zero-order chi connectivity index (χ0) is 9.42. The third kappa shape index (κ3) is 1.42. The number of H-pyrrole nitrogens is 1. The molecule has 2 atom stereocenters. The third-order valence-electron chi connectivity index (χ3n) is 2.57. The van der Waals surface area contributed by atoms with Crippen molar-refractivity contribution in [3.63, 3.8) is 0 Å². The van der Waals surface area contributed by atoms with Gasteiger partial charge in [-0.15, -0.1) is 0 Å². The summed E-state index contributed by atoms with van der Waals surface area (Å²) in [6.45, 7) is 4.79. The highest BCUT2D eigenvalue weighted by Crippen LogP contribution is 2.44. The van der Waals surface area contributed by atoms with E-state index in [0.717, 1.165) is 24.3 Å². The van der Waals surface area contributed by atoms with Gasteiger partial charge in [-0.1, -0.05) is 0 Å². The van der Waals surface area contributed by atoms with Gasteiger partial charge in [0, 0.05) is 23.8 Å². The molecule has 3 N–H and O–H groups in total. The Balaban J connectivity index is 2.07. The van der Waals surface area contributed by atoms with Gasteiger partial charge >= 0.3 is 0 Å². The highest BCUT2D eigenvalue weighted by atomic mass is 16.5. The third-order valence-corrected chi connectivity index (χ3v) is 2.57.